The van der Waals surface area contributed by atoms with Crippen molar-refractivity contribution in [3.05, 3.63) is 35.9 Å². The number of methoxy groups -OCH3 is 1. The van der Waals surface area contributed by atoms with Gasteiger partial charge in [0.25, 0.3) is 0 Å². The fraction of sp³-hybridized carbons (Fsp3) is 0.600. The van der Waals surface area contributed by atoms with Crippen LogP contribution in [0.2, 0.25) is 0 Å². The standard InChI is InChI=1S/C20H31N3O3/c1-4-16(2)19(20(25)26-3)21-18(24)15-23-12-10-22(11-13-23)14-17-8-6-5-7-9-17/h5-9,16,19H,4,10-15H2,1-3H3,(H,21,24)/t16-,19+/m0/s1. The molecule has 1 aliphatic heterocycles. The van der Waals surface area contributed by atoms with Gasteiger partial charge in [-0.2, -0.15) is 0 Å². The number of benzene rings is 1. The largest absolute Gasteiger partial charge is 0.467 e. The normalized spacial score (nSPS) is 18.1. The molecule has 1 fully saturated rings. The van der Waals surface area contributed by atoms with Crippen molar-refractivity contribution in [3.8, 4) is 0 Å². The van der Waals surface area contributed by atoms with Crippen molar-refractivity contribution in [2.24, 2.45) is 5.92 Å². The van der Waals surface area contributed by atoms with Gasteiger partial charge in [0, 0.05) is 32.7 Å². The molecule has 26 heavy (non-hydrogen) atoms. The smallest absolute Gasteiger partial charge is 0.328 e. The average molecular weight is 361 g/mol. The number of amides is 1. The Bertz CT molecular complexity index is 571. The Morgan fingerprint density at radius 2 is 1.73 bits per heavy atom. The second-order valence-corrected chi connectivity index (χ2v) is 6.99. The van der Waals surface area contributed by atoms with Crippen LogP contribution in [0.1, 0.15) is 25.8 Å². The van der Waals surface area contributed by atoms with E-state index in [4.69, 9.17) is 4.74 Å². The number of nitrogens with one attached hydrogen (secondary N) is 1. The minimum Gasteiger partial charge on any atom is -0.467 e. The first-order valence-electron chi connectivity index (χ1n) is 9.39. The molecular formula is C20H31N3O3. The quantitative estimate of drug-likeness (QED) is 0.711. The summed E-state index contributed by atoms with van der Waals surface area (Å²) in [5, 5.41) is 2.85. The Labute approximate surface area is 156 Å². The highest BCUT2D eigenvalue weighted by atomic mass is 16.5. The number of esters is 1. The van der Waals surface area contributed by atoms with Crippen molar-refractivity contribution in [2.75, 3.05) is 39.8 Å². The Balaban J connectivity index is 1.77. The second kappa shape index (κ2) is 10.3. The molecule has 2 atom stereocenters. The van der Waals surface area contributed by atoms with Gasteiger partial charge in [-0.1, -0.05) is 50.6 Å². The van der Waals surface area contributed by atoms with Gasteiger partial charge in [0.05, 0.1) is 13.7 Å². The van der Waals surface area contributed by atoms with Gasteiger partial charge in [-0.3, -0.25) is 14.6 Å². The summed E-state index contributed by atoms with van der Waals surface area (Å²) in [6.45, 7) is 8.80. The van der Waals surface area contributed by atoms with E-state index in [9.17, 15) is 9.59 Å². The number of carbonyl (C=O) groups is 2. The molecule has 6 heteroatoms. The molecule has 1 aromatic rings. The third kappa shape index (κ3) is 6.11. The zero-order valence-electron chi connectivity index (χ0n) is 16.1. The van der Waals surface area contributed by atoms with Gasteiger partial charge in [0.1, 0.15) is 6.04 Å². The van der Waals surface area contributed by atoms with Gasteiger partial charge < -0.3 is 10.1 Å². The Morgan fingerprint density at radius 1 is 1.12 bits per heavy atom. The molecular weight excluding hydrogens is 330 g/mol. The van der Waals surface area contributed by atoms with E-state index < -0.39 is 6.04 Å². The predicted molar refractivity (Wildman–Crippen MR) is 102 cm³/mol. The number of nitrogens with zero attached hydrogens (tertiary/aromatic N) is 2. The molecule has 1 N–H and O–H groups in total. The monoisotopic (exact) mass is 361 g/mol. The first kappa shape index (κ1) is 20.4. The van der Waals surface area contributed by atoms with E-state index in [1.165, 1.54) is 12.7 Å². The lowest BCUT2D eigenvalue weighted by atomic mass is 9.99. The maximum absolute atomic E-state index is 12.4. The van der Waals surface area contributed by atoms with E-state index in [2.05, 4.69) is 39.4 Å². The molecule has 0 spiro atoms. The average Bonchev–Trinajstić information content (AvgIpc) is 2.67. The molecule has 1 saturated heterocycles. The maximum Gasteiger partial charge on any atom is 0.328 e. The molecule has 1 aromatic carbocycles. The molecule has 0 saturated carbocycles. The predicted octanol–water partition coefficient (Wildman–Crippen LogP) is 1.51. The van der Waals surface area contributed by atoms with Gasteiger partial charge in [-0.15, -0.1) is 0 Å². The number of ether oxygens (including phenoxy) is 1. The van der Waals surface area contributed by atoms with Crippen LogP contribution in [0.25, 0.3) is 0 Å². The number of piperazine rings is 1. The van der Waals surface area contributed by atoms with Crippen LogP contribution in [0.4, 0.5) is 0 Å². The minimum absolute atomic E-state index is 0.0501. The first-order chi connectivity index (χ1) is 12.5. The van der Waals surface area contributed by atoms with Crippen LogP contribution in [-0.2, 0) is 20.9 Å². The molecule has 0 bridgehead atoms. The Kier molecular flexibility index (Phi) is 8.06. The molecule has 0 aromatic heterocycles. The maximum atomic E-state index is 12.4. The molecule has 144 valence electrons. The highest BCUT2D eigenvalue weighted by Crippen LogP contribution is 2.10. The lowest BCUT2D eigenvalue weighted by Gasteiger charge is -2.34. The van der Waals surface area contributed by atoms with Gasteiger partial charge in [-0.05, 0) is 11.5 Å². The van der Waals surface area contributed by atoms with Crippen LogP contribution in [0.5, 0.6) is 0 Å². The summed E-state index contributed by atoms with van der Waals surface area (Å²) >= 11 is 0. The molecule has 2 rings (SSSR count). The zero-order chi connectivity index (χ0) is 18.9. The van der Waals surface area contributed by atoms with Gasteiger partial charge in [0.2, 0.25) is 5.91 Å². The highest BCUT2D eigenvalue weighted by molar-refractivity contribution is 5.85. The van der Waals surface area contributed by atoms with Crippen LogP contribution >= 0.6 is 0 Å². The van der Waals surface area contributed by atoms with Crippen molar-refractivity contribution in [3.63, 3.8) is 0 Å². The van der Waals surface area contributed by atoms with E-state index >= 15 is 0 Å². The minimum atomic E-state index is -0.572. The summed E-state index contributed by atoms with van der Waals surface area (Å²) in [6.07, 6.45) is 0.804. The molecule has 1 heterocycles. The van der Waals surface area contributed by atoms with Crippen LogP contribution < -0.4 is 5.32 Å². The number of rotatable bonds is 8. The third-order valence-electron chi connectivity index (χ3n) is 5.07. The summed E-state index contributed by atoms with van der Waals surface area (Å²) in [7, 11) is 1.36. The second-order valence-electron chi connectivity index (χ2n) is 6.99. The molecule has 0 unspecified atom stereocenters. The van der Waals surface area contributed by atoms with Crippen molar-refractivity contribution in [1.82, 2.24) is 15.1 Å². The number of carbonyl (C=O) groups excluding carboxylic acids is 2. The van der Waals surface area contributed by atoms with Crippen molar-refractivity contribution in [1.29, 1.82) is 0 Å². The fourth-order valence-electron chi connectivity index (χ4n) is 3.17. The topological polar surface area (TPSA) is 61.9 Å². The molecule has 0 aliphatic carbocycles. The van der Waals surface area contributed by atoms with Crippen LogP contribution in [0.15, 0.2) is 30.3 Å². The Hall–Kier alpha value is -1.92. The molecule has 6 nitrogen and oxygen atoms in total. The number of hydrogen-bond donors (Lipinski definition) is 1. The van der Waals surface area contributed by atoms with Gasteiger partial charge >= 0.3 is 5.97 Å². The molecule has 1 amide bonds. The summed E-state index contributed by atoms with van der Waals surface area (Å²) in [5.41, 5.74) is 1.31. The first-order valence-corrected chi connectivity index (χ1v) is 9.39. The van der Waals surface area contributed by atoms with E-state index in [0.29, 0.717) is 6.54 Å². The van der Waals surface area contributed by atoms with E-state index in [1.54, 1.807) is 0 Å². The summed E-state index contributed by atoms with van der Waals surface area (Å²) in [4.78, 5) is 28.8. The van der Waals surface area contributed by atoms with Crippen LogP contribution in [0.3, 0.4) is 0 Å². The van der Waals surface area contributed by atoms with Gasteiger partial charge in [-0.25, -0.2) is 4.79 Å². The van der Waals surface area contributed by atoms with E-state index in [1.807, 2.05) is 19.9 Å². The summed E-state index contributed by atoms with van der Waals surface area (Å²) in [5.74, 6) is -0.438. The van der Waals surface area contributed by atoms with Gasteiger partial charge in [0.15, 0.2) is 0 Å². The third-order valence-corrected chi connectivity index (χ3v) is 5.07. The molecule has 1 aliphatic rings. The molecule has 0 radical (unpaired) electrons. The van der Waals surface area contributed by atoms with Crippen molar-refractivity contribution in [2.45, 2.75) is 32.9 Å². The zero-order valence-corrected chi connectivity index (χ0v) is 16.1. The SMILES string of the molecule is CC[C@H](C)[C@@H](NC(=O)CN1CCN(Cc2ccccc2)CC1)C(=O)OC. The lowest BCUT2D eigenvalue weighted by Crippen LogP contribution is -2.52. The summed E-state index contributed by atoms with van der Waals surface area (Å²) < 4.78 is 4.82. The van der Waals surface area contributed by atoms with E-state index in [0.717, 1.165) is 39.1 Å². The fourth-order valence-corrected chi connectivity index (χ4v) is 3.17. The van der Waals surface area contributed by atoms with E-state index in [-0.39, 0.29) is 17.8 Å². The van der Waals surface area contributed by atoms with Crippen LogP contribution in [0, 0.1) is 5.92 Å². The number of hydrogen-bond acceptors (Lipinski definition) is 5. The van der Waals surface area contributed by atoms with Crippen LogP contribution in [-0.4, -0.2) is 67.6 Å². The Morgan fingerprint density at radius 3 is 2.31 bits per heavy atom. The highest BCUT2D eigenvalue weighted by Gasteiger charge is 2.27. The van der Waals surface area contributed by atoms with Crippen molar-refractivity contribution >= 4 is 11.9 Å². The lowest BCUT2D eigenvalue weighted by molar-refractivity contribution is -0.146. The van der Waals surface area contributed by atoms with Crippen molar-refractivity contribution < 1.29 is 14.3 Å². The summed E-state index contributed by atoms with van der Waals surface area (Å²) in [6, 6.07) is 9.86.